The molecule has 3 aromatic carbocycles. The van der Waals surface area contributed by atoms with Gasteiger partial charge in [0.1, 0.15) is 24.4 Å². The number of carbonyl (C=O) groups excluding carboxylic acids is 2. The number of aldehydes is 1. The second-order valence-electron chi connectivity index (χ2n) is 7.59. The molecule has 0 saturated heterocycles. The van der Waals surface area contributed by atoms with Gasteiger partial charge < -0.3 is 14.2 Å². The maximum atomic E-state index is 11.6. The molecule has 0 amide bonds. The molecule has 0 aliphatic rings. The lowest BCUT2D eigenvalue weighted by Crippen LogP contribution is -2.14. The fourth-order valence-electron chi connectivity index (χ4n) is 3.69. The summed E-state index contributed by atoms with van der Waals surface area (Å²) in [5.41, 5.74) is 7.25. The lowest BCUT2D eigenvalue weighted by molar-refractivity contribution is -0.145. The number of hydrogen-bond donors (Lipinski definition) is 0. The summed E-state index contributed by atoms with van der Waals surface area (Å²) in [5.74, 6) is 0.986. The topological polar surface area (TPSA) is 61.8 Å². The Morgan fingerprint density at radius 3 is 2.22 bits per heavy atom. The molecular weight excluding hydrogens is 404 g/mol. The van der Waals surface area contributed by atoms with E-state index in [-0.39, 0.29) is 12.6 Å². The summed E-state index contributed by atoms with van der Waals surface area (Å²) in [4.78, 5) is 22.4. The highest BCUT2D eigenvalue weighted by molar-refractivity contribution is 5.76. The summed E-state index contributed by atoms with van der Waals surface area (Å²) in [6.45, 7) is 8.60. The van der Waals surface area contributed by atoms with Crippen LogP contribution in [0.3, 0.4) is 0 Å². The van der Waals surface area contributed by atoms with Gasteiger partial charge in [0, 0.05) is 5.56 Å². The van der Waals surface area contributed by atoms with Crippen LogP contribution in [0.5, 0.6) is 11.5 Å². The zero-order chi connectivity index (χ0) is 23.1. The van der Waals surface area contributed by atoms with E-state index in [1.54, 1.807) is 31.2 Å². The van der Waals surface area contributed by atoms with Crippen molar-refractivity contribution >= 4 is 12.3 Å². The normalized spacial score (nSPS) is 10.5. The van der Waals surface area contributed by atoms with E-state index in [4.69, 9.17) is 14.2 Å². The largest absolute Gasteiger partial charge is 0.489 e. The van der Waals surface area contributed by atoms with Crippen molar-refractivity contribution in [1.29, 1.82) is 0 Å². The molecule has 0 heterocycles. The number of ether oxygens (including phenoxy) is 3. The van der Waals surface area contributed by atoms with Crippen molar-refractivity contribution in [3.8, 4) is 22.6 Å². The van der Waals surface area contributed by atoms with E-state index >= 15 is 0 Å². The van der Waals surface area contributed by atoms with Gasteiger partial charge in [0.05, 0.1) is 6.61 Å². The summed E-state index contributed by atoms with van der Waals surface area (Å²) < 4.78 is 16.5. The number of carbonyl (C=O) groups is 2. The van der Waals surface area contributed by atoms with Crippen molar-refractivity contribution in [3.63, 3.8) is 0 Å². The first-order valence-electron chi connectivity index (χ1n) is 10.6. The molecule has 0 atom stereocenters. The van der Waals surface area contributed by atoms with E-state index in [9.17, 15) is 9.59 Å². The minimum absolute atomic E-state index is 0.105. The molecule has 0 fully saturated rings. The molecule has 0 radical (unpaired) electrons. The standard InChI is InChI=1S/C27H28O5/c1-5-30-26(29)17-32-24-13-18(2)27(19(3)14-24)25-8-6-7-22(20(25)4)16-31-23-11-9-21(15-28)10-12-23/h6-15H,5,16-17H2,1-4H3. The first-order chi connectivity index (χ1) is 15.4. The predicted octanol–water partition coefficient (Wildman–Crippen LogP) is 5.61. The average molecular weight is 433 g/mol. The molecule has 166 valence electrons. The Kier molecular flexibility index (Phi) is 7.66. The van der Waals surface area contributed by atoms with Gasteiger partial charge in [0.2, 0.25) is 0 Å². The fraction of sp³-hybridized carbons (Fsp3) is 0.259. The summed E-state index contributed by atoms with van der Waals surface area (Å²) in [6.07, 6.45) is 0.815. The van der Waals surface area contributed by atoms with Gasteiger partial charge in [0.15, 0.2) is 6.61 Å². The molecule has 3 aromatic rings. The Morgan fingerprint density at radius 1 is 0.906 bits per heavy atom. The van der Waals surface area contributed by atoms with Crippen LogP contribution in [-0.4, -0.2) is 25.5 Å². The zero-order valence-electron chi connectivity index (χ0n) is 18.9. The molecule has 0 aromatic heterocycles. The number of benzene rings is 3. The monoisotopic (exact) mass is 432 g/mol. The van der Waals surface area contributed by atoms with E-state index in [0.29, 0.717) is 24.5 Å². The Bertz CT molecular complexity index is 1080. The number of rotatable bonds is 9. The van der Waals surface area contributed by atoms with Crippen LogP contribution >= 0.6 is 0 Å². The van der Waals surface area contributed by atoms with Crippen LogP contribution in [-0.2, 0) is 16.1 Å². The summed E-state index contributed by atoms with van der Waals surface area (Å²) in [7, 11) is 0. The number of esters is 1. The Balaban J connectivity index is 1.80. The number of aryl methyl sites for hydroxylation is 2. The molecule has 5 nitrogen and oxygen atoms in total. The third-order valence-electron chi connectivity index (χ3n) is 5.29. The molecule has 3 rings (SSSR count). The maximum absolute atomic E-state index is 11.6. The highest BCUT2D eigenvalue weighted by Crippen LogP contribution is 2.34. The Labute approximate surface area is 188 Å². The van der Waals surface area contributed by atoms with Crippen molar-refractivity contribution < 1.29 is 23.8 Å². The minimum atomic E-state index is -0.378. The summed E-state index contributed by atoms with van der Waals surface area (Å²) in [5, 5.41) is 0. The first-order valence-corrected chi connectivity index (χ1v) is 10.6. The third-order valence-corrected chi connectivity index (χ3v) is 5.29. The van der Waals surface area contributed by atoms with Crippen LogP contribution in [0.2, 0.25) is 0 Å². The van der Waals surface area contributed by atoms with Crippen LogP contribution < -0.4 is 9.47 Å². The van der Waals surface area contributed by atoms with Gasteiger partial charge in [-0.3, -0.25) is 4.79 Å². The Morgan fingerprint density at radius 2 is 1.59 bits per heavy atom. The first kappa shape index (κ1) is 23.1. The average Bonchev–Trinajstić information content (AvgIpc) is 2.78. The molecule has 0 aliphatic carbocycles. The SMILES string of the molecule is CCOC(=O)COc1cc(C)c(-c2cccc(COc3ccc(C=O)cc3)c2C)c(C)c1. The van der Waals surface area contributed by atoms with Crippen molar-refractivity contribution in [1.82, 2.24) is 0 Å². The van der Waals surface area contributed by atoms with Gasteiger partial charge in [-0.15, -0.1) is 0 Å². The molecule has 0 spiro atoms. The van der Waals surface area contributed by atoms with E-state index < -0.39 is 0 Å². The lowest BCUT2D eigenvalue weighted by atomic mass is 9.90. The van der Waals surface area contributed by atoms with Crippen LogP contribution in [0, 0.1) is 20.8 Å². The van der Waals surface area contributed by atoms with Gasteiger partial charge in [-0.1, -0.05) is 18.2 Å². The van der Waals surface area contributed by atoms with Gasteiger partial charge in [-0.25, -0.2) is 4.79 Å². The van der Waals surface area contributed by atoms with Crippen LogP contribution in [0.25, 0.3) is 11.1 Å². The van der Waals surface area contributed by atoms with Crippen LogP contribution in [0.1, 0.15) is 39.5 Å². The second-order valence-corrected chi connectivity index (χ2v) is 7.59. The van der Waals surface area contributed by atoms with Crippen molar-refractivity contribution in [2.45, 2.75) is 34.3 Å². The molecule has 0 bridgehead atoms. The summed E-state index contributed by atoms with van der Waals surface area (Å²) >= 11 is 0. The van der Waals surface area contributed by atoms with E-state index in [2.05, 4.69) is 19.1 Å². The maximum Gasteiger partial charge on any atom is 0.344 e. The van der Waals surface area contributed by atoms with E-state index in [0.717, 1.165) is 45.4 Å². The third kappa shape index (κ3) is 5.55. The van der Waals surface area contributed by atoms with Gasteiger partial charge in [-0.05, 0) is 97.5 Å². The molecular formula is C27H28O5. The van der Waals surface area contributed by atoms with Gasteiger partial charge in [0.25, 0.3) is 0 Å². The molecule has 0 unspecified atom stereocenters. The smallest absolute Gasteiger partial charge is 0.344 e. The highest BCUT2D eigenvalue weighted by Gasteiger charge is 2.14. The minimum Gasteiger partial charge on any atom is -0.489 e. The van der Waals surface area contributed by atoms with Crippen molar-refractivity contribution in [3.05, 3.63) is 82.4 Å². The lowest BCUT2D eigenvalue weighted by Gasteiger charge is -2.18. The second kappa shape index (κ2) is 10.6. The van der Waals surface area contributed by atoms with E-state index in [1.807, 2.05) is 32.0 Å². The fourth-order valence-corrected chi connectivity index (χ4v) is 3.69. The predicted molar refractivity (Wildman–Crippen MR) is 124 cm³/mol. The Hall–Kier alpha value is -3.60. The quantitative estimate of drug-likeness (QED) is 0.325. The molecule has 0 N–H and O–H groups in total. The van der Waals surface area contributed by atoms with Crippen LogP contribution in [0.4, 0.5) is 0 Å². The van der Waals surface area contributed by atoms with Gasteiger partial charge in [-0.2, -0.15) is 0 Å². The van der Waals surface area contributed by atoms with Gasteiger partial charge >= 0.3 is 5.97 Å². The van der Waals surface area contributed by atoms with E-state index in [1.165, 1.54) is 0 Å². The molecule has 32 heavy (non-hydrogen) atoms. The number of hydrogen-bond acceptors (Lipinski definition) is 5. The van der Waals surface area contributed by atoms with Crippen molar-refractivity contribution in [2.75, 3.05) is 13.2 Å². The van der Waals surface area contributed by atoms with Crippen LogP contribution in [0.15, 0.2) is 54.6 Å². The zero-order valence-corrected chi connectivity index (χ0v) is 18.9. The molecule has 0 saturated carbocycles. The van der Waals surface area contributed by atoms with Crippen molar-refractivity contribution in [2.24, 2.45) is 0 Å². The molecule has 5 heteroatoms. The highest BCUT2D eigenvalue weighted by atomic mass is 16.6. The molecule has 0 aliphatic heterocycles. The summed E-state index contributed by atoms with van der Waals surface area (Å²) in [6, 6.07) is 17.1.